The second-order valence-corrected chi connectivity index (χ2v) is 5.02. The van der Waals surface area contributed by atoms with Crippen molar-refractivity contribution in [3.63, 3.8) is 0 Å². The van der Waals surface area contributed by atoms with Gasteiger partial charge >= 0.3 is 5.97 Å². The summed E-state index contributed by atoms with van der Waals surface area (Å²) in [6.45, 7) is 0. The average Bonchev–Trinajstić information content (AvgIpc) is 3.07. The minimum absolute atomic E-state index is 0.203. The number of carbonyl (C=O) groups is 1. The molecular formula is C12H8BrN3O4. The Hall–Kier alpha value is -2.22. The van der Waals surface area contributed by atoms with Crippen LogP contribution in [-0.2, 0) is 4.84 Å². The van der Waals surface area contributed by atoms with Crippen LogP contribution in [0.5, 0.6) is 0 Å². The fourth-order valence-corrected chi connectivity index (χ4v) is 2.10. The number of aromatic carboxylic acids is 1. The third kappa shape index (κ3) is 2.42. The van der Waals surface area contributed by atoms with Crippen molar-refractivity contribution in [1.29, 1.82) is 0 Å². The third-order valence-electron chi connectivity index (χ3n) is 2.74. The smallest absolute Gasteiger partial charge is 0.335 e. The third-order valence-corrected chi connectivity index (χ3v) is 3.21. The number of hydrogen-bond acceptors (Lipinski definition) is 6. The maximum atomic E-state index is 10.8. The van der Waals surface area contributed by atoms with Gasteiger partial charge in [0.1, 0.15) is 4.62 Å². The number of hydrogen-bond donors (Lipinski definition) is 1. The molecule has 0 amide bonds. The molecule has 2 heterocycles. The molecule has 1 aromatic carbocycles. The van der Waals surface area contributed by atoms with Crippen molar-refractivity contribution in [3.8, 4) is 11.4 Å². The Kier molecular flexibility index (Phi) is 3.23. The number of aromatic nitrogens is 2. The van der Waals surface area contributed by atoms with Gasteiger partial charge in [0.2, 0.25) is 11.9 Å². The van der Waals surface area contributed by atoms with Gasteiger partial charge in [0.05, 0.1) is 5.56 Å². The van der Waals surface area contributed by atoms with E-state index in [-0.39, 0.29) is 11.7 Å². The van der Waals surface area contributed by atoms with Crippen LogP contribution in [0.15, 0.2) is 33.9 Å². The number of carboxylic acids is 1. The summed E-state index contributed by atoms with van der Waals surface area (Å²) in [4.78, 5) is 20.1. The molecule has 0 saturated heterocycles. The normalized spacial score (nSPS) is 17.6. The minimum atomic E-state index is -0.980. The fourth-order valence-electron chi connectivity index (χ4n) is 1.73. The van der Waals surface area contributed by atoms with Crippen molar-refractivity contribution in [3.05, 3.63) is 35.7 Å². The molecular weight excluding hydrogens is 330 g/mol. The molecule has 3 rings (SSSR count). The van der Waals surface area contributed by atoms with Crippen molar-refractivity contribution in [2.24, 2.45) is 5.16 Å². The molecule has 1 atom stereocenters. The zero-order valence-electron chi connectivity index (χ0n) is 9.99. The maximum absolute atomic E-state index is 10.8. The van der Waals surface area contributed by atoms with Crippen molar-refractivity contribution in [2.75, 3.05) is 0 Å². The molecule has 0 fully saturated rings. The summed E-state index contributed by atoms with van der Waals surface area (Å²) in [6, 6.07) is 6.22. The predicted octanol–water partition coefficient (Wildman–Crippen LogP) is 2.60. The van der Waals surface area contributed by atoms with Gasteiger partial charge in [-0.15, -0.1) is 0 Å². The summed E-state index contributed by atoms with van der Waals surface area (Å²) in [6.07, 6.45) is 0.156. The summed E-state index contributed by atoms with van der Waals surface area (Å²) < 4.78 is 5.82. The van der Waals surface area contributed by atoms with E-state index in [0.29, 0.717) is 28.3 Å². The molecule has 1 aliphatic rings. The second-order valence-electron chi connectivity index (χ2n) is 4.10. The van der Waals surface area contributed by atoms with Crippen LogP contribution in [0.3, 0.4) is 0 Å². The van der Waals surface area contributed by atoms with Crippen LogP contribution in [0.4, 0.5) is 0 Å². The van der Waals surface area contributed by atoms with E-state index in [1.165, 1.54) is 12.1 Å². The van der Waals surface area contributed by atoms with Gasteiger partial charge in [-0.05, 0) is 28.1 Å². The van der Waals surface area contributed by atoms with Gasteiger partial charge < -0.3 is 14.5 Å². The van der Waals surface area contributed by atoms with Crippen molar-refractivity contribution < 1.29 is 19.3 Å². The van der Waals surface area contributed by atoms with E-state index >= 15 is 0 Å². The first-order valence-electron chi connectivity index (χ1n) is 5.69. The SMILES string of the molecule is O=C(O)c1ccc(-c2noc(C3CC(Br)=NO3)n2)cc1. The van der Waals surface area contributed by atoms with E-state index in [1.807, 2.05) is 0 Å². The molecule has 0 spiro atoms. The van der Waals surface area contributed by atoms with E-state index in [2.05, 4.69) is 31.2 Å². The first-order valence-corrected chi connectivity index (χ1v) is 6.48. The Morgan fingerprint density at radius 2 is 2.10 bits per heavy atom. The zero-order valence-corrected chi connectivity index (χ0v) is 11.6. The lowest BCUT2D eigenvalue weighted by Crippen LogP contribution is -1.97. The van der Waals surface area contributed by atoms with Gasteiger partial charge in [0.25, 0.3) is 5.89 Å². The molecule has 0 bridgehead atoms. The number of oxime groups is 1. The number of carboxylic acid groups (broad SMARTS) is 1. The lowest BCUT2D eigenvalue weighted by Gasteiger charge is -1.99. The Labute approximate surface area is 121 Å². The first-order chi connectivity index (χ1) is 9.63. The van der Waals surface area contributed by atoms with Crippen molar-refractivity contribution in [2.45, 2.75) is 12.5 Å². The van der Waals surface area contributed by atoms with Gasteiger partial charge in [0, 0.05) is 12.0 Å². The van der Waals surface area contributed by atoms with Gasteiger partial charge in [-0.25, -0.2) is 4.79 Å². The Balaban J connectivity index is 1.81. The van der Waals surface area contributed by atoms with E-state index in [0.717, 1.165) is 0 Å². The van der Waals surface area contributed by atoms with Gasteiger partial charge in [-0.2, -0.15) is 4.98 Å². The highest BCUT2D eigenvalue weighted by atomic mass is 79.9. The molecule has 7 nitrogen and oxygen atoms in total. The Morgan fingerprint density at radius 3 is 2.70 bits per heavy atom. The van der Waals surface area contributed by atoms with Gasteiger partial charge in [-0.3, -0.25) is 0 Å². The summed E-state index contributed by atoms with van der Waals surface area (Å²) >= 11 is 3.23. The number of benzene rings is 1. The highest BCUT2D eigenvalue weighted by Gasteiger charge is 2.27. The summed E-state index contributed by atoms with van der Waals surface area (Å²) in [5.74, 6) is -0.268. The topological polar surface area (TPSA) is 97.8 Å². The van der Waals surface area contributed by atoms with Gasteiger partial charge in [0.15, 0.2) is 0 Å². The van der Waals surface area contributed by atoms with Crippen LogP contribution in [0.2, 0.25) is 0 Å². The highest BCUT2D eigenvalue weighted by Crippen LogP contribution is 2.29. The van der Waals surface area contributed by atoms with Crippen LogP contribution in [0, 0.1) is 0 Å². The van der Waals surface area contributed by atoms with Crippen molar-refractivity contribution in [1.82, 2.24) is 10.1 Å². The van der Waals surface area contributed by atoms with Crippen LogP contribution >= 0.6 is 15.9 Å². The number of rotatable bonds is 3. The summed E-state index contributed by atoms with van der Waals surface area (Å²) in [5, 5.41) is 16.4. The highest BCUT2D eigenvalue weighted by molar-refractivity contribution is 9.18. The summed E-state index contributed by atoms with van der Waals surface area (Å²) in [5.41, 5.74) is 0.872. The second kappa shape index (κ2) is 5.04. The molecule has 0 aliphatic carbocycles. The fraction of sp³-hybridized carbons (Fsp3) is 0.167. The lowest BCUT2D eigenvalue weighted by molar-refractivity contribution is 0.0599. The maximum Gasteiger partial charge on any atom is 0.335 e. The standard InChI is InChI=1S/C12H8BrN3O4/c13-9-5-8(19-15-9)11-14-10(16-20-11)6-1-3-7(4-2-6)12(17)18/h1-4,8H,5H2,(H,17,18). The Morgan fingerprint density at radius 1 is 1.35 bits per heavy atom. The average molecular weight is 338 g/mol. The molecule has 1 unspecified atom stereocenters. The molecule has 0 radical (unpaired) electrons. The monoisotopic (exact) mass is 337 g/mol. The van der Waals surface area contributed by atoms with Crippen LogP contribution in [0.25, 0.3) is 11.4 Å². The summed E-state index contributed by atoms with van der Waals surface area (Å²) in [7, 11) is 0. The molecule has 1 aromatic heterocycles. The molecule has 102 valence electrons. The molecule has 1 N–H and O–H groups in total. The number of nitrogens with zero attached hydrogens (tertiary/aromatic N) is 3. The predicted molar refractivity (Wildman–Crippen MR) is 71.5 cm³/mol. The Bertz CT molecular complexity index is 680. The molecule has 2 aromatic rings. The molecule has 1 aliphatic heterocycles. The lowest BCUT2D eigenvalue weighted by atomic mass is 10.1. The quantitative estimate of drug-likeness (QED) is 0.924. The molecule has 0 saturated carbocycles. The largest absolute Gasteiger partial charge is 0.478 e. The van der Waals surface area contributed by atoms with E-state index in [1.54, 1.807) is 12.1 Å². The first kappa shape index (κ1) is 12.8. The van der Waals surface area contributed by atoms with E-state index in [9.17, 15) is 4.79 Å². The molecule has 8 heteroatoms. The van der Waals surface area contributed by atoms with Crippen LogP contribution in [0.1, 0.15) is 28.8 Å². The van der Waals surface area contributed by atoms with Crippen molar-refractivity contribution >= 4 is 26.5 Å². The number of halogens is 1. The minimum Gasteiger partial charge on any atom is -0.478 e. The zero-order chi connectivity index (χ0) is 14.1. The van der Waals surface area contributed by atoms with Crippen LogP contribution in [-0.4, -0.2) is 25.8 Å². The molecule has 20 heavy (non-hydrogen) atoms. The van der Waals surface area contributed by atoms with Crippen LogP contribution < -0.4 is 0 Å². The van der Waals surface area contributed by atoms with E-state index in [4.69, 9.17) is 14.5 Å². The van der Waals surface area contributed by atoms with E-state index < -0.39 is 5.97 Å². The van der Waals surface area contributed by atoms with Gasteiger partial charge in [-0.1, -0.05) is 22.4 Å².